The quantitative estimate of drug-likeness (QED) is 0.843. The Morgan fingerprint density at radius 3 is 2.39 bits per heavy atom. The average Bonchev–Trinajstić information content (AvgIpc) is 2.42. The van der Waals surface area contributed by atoms with Crippen LogP contribution in [0.5, 0.6) is 0 Å². The van der Waals surface area contributed by atoms with Crippen molar-refractivity contribution < 1.29 is 9.50 Å². The normalized spacial score (nSPS) is 18.8. The van der Waals surface area contributed by atoms with Crippen molar-refractivity contribution in [3.63, 3.8) is 0 Å². The number of aliphatic hydroxyl groups excluding tert-OH is 1. The molecule has 0 heterocycles. The minimum absolute atomic E-state index is 0.0677. The van der Waals surface area contributed by atoms with Crippen LogP contribution >= 0.6 is 0 Å². The predicted molar refractivity (Wildman–Crippen MR) is 70.7 cm³/mol. The van der Waals surface area contributed by atoms with Crippen LogP contribution < -0.4 is 5.32 Å². The van der Waals surface area contributed by atoms with E-state index < -0.39 is 0 Å². The zero-order valence-corrected chi connectivity index (χ0v) is 10.8. The summed E-state index contributed by atoms with van der Waals surface area (Å²) in [6.07, 6.45) is 5.96. The van der Waals surface area contributed by atoms with Gasteiger partial charge in [0.05, 0.1) is 0 Å². The Morgan fingerprint density at radius 2 is 1.78 bits per heavy atom. The Hall–Kier alpha value is -0.930. The first-order valence-electron chi connectivity index (χ1n) is 6.80. The maximum atomic E-state index is 12.8. The molecule has 2 nitrogen and oxygen atoms in total. The van der Waals surface area contributed by atoms with Gasteiger partial charge in [0.2, 0.25) is 0 Å². The van der Waals surface area contributed by atoms with Crippen LogP contribution in [-0.2, 0) is 6.54 Å². The van der Waals surface area contributed by atoms with E-state index >= 15 is 0 Å². The molecule has 0 aliphatic heterocycles. The van der Waals surface area contributed by atoms with Gasteiger partial charge in [-0.3, -0.25) is 0 Å². The van der Waals surface area contributed by atoms with Crippen molar-refractivity contribution in [3.8, 4) is 0 Å². The lowest BCUT2D eigenvalue weighted by Gasteiger charge is -2.35. The molecule has 0 atom stereocenters. The third-order valence-electron chi connectivity index (χ3n) is 3.99. The summed E-state index contributed by atoms with van der Waals surface area (Å²) in [5.74, 6) is -0.196. The molecule has 100 valence electrons. The lowest BCUT2D eigenvalue weighted by Crippen LogP contribution is -2.38. The van der Waals surface area contributed by atoms with Crippen LogP contribution in [0.25, 0.3) is 0 Å². The summed E-state index contributed by atoms with van der Waals surface area (Å²) in [5, 5.41) is 13.0. The highest BCUT2D eigenvalue weighted by molar-refractivity contribution is 5.15. The number of nitrogens with one attached hydrogen (secondary N) is 1. The topological polar surface area (TPSA) is 32.3 Å². The van der Waals surface area contributed by atoms with E-state index in [0.717, 1.165) is 31.5 Å². The first-order valence-corrected chi connectivity index (χ1v) is 6.80. The van der Waals surface area contributed by atoms with Crippen LogP contribution in [0.15, 0.2) is 24.3 Å². The zero-order chi connectivity index (χ0) is 12.8. The molecule has 3 heteroatoms. The highest BCUT2D eigenvalue weighted by atomic mass is 19.1. The van der Waals surface area contributed by atoms with Gasteiger partial charge in [-0.05, 0) is 30.5 Å². The molecule has 1 aliphatic rings. The fraction of sp³-hybridized carbons (Fsp3) is 0.600. The Kier molecular flexibility index (Phi) is 4.72. The summed E-state index contributed by atoms with van der Waals surface area (Å²) >= 11 is 0. The highest BCUT2D eigenvalue weighted by Crippen LogP contribution is 2.35. The molecule has 0 saturated heterocycles. The van der Waals surface area contributed by atoms with Gasteiger partial charge in [-0.15, -0.1) is 0 Å². The molecule has 1 fully saturated rings. The van der Waals surface area contributed by atoms with Gasteiger partial charge in [0.15, 0.2) is 0 Å². The molecule has 1 aromatic rings. The van der Waals surface area contributed by atoms with Crippen LogP contribution in [0.2, 0.25) is 0 Å². The smallest absolute Gasteiger partial charge is 0.123 e. The summed E-state index contributed by atoms with van der Waals surface area (Å²) in [7, 11) is 0. The van der Waals surface area contributed by atoms with E-state index in [0.29, 0.717) is 0 Å². The maximum absolute atomic E-state index is 12.8. The van der Waals surface area contributed by atoms with E-state index in [1.807, 2.05) is 0 Å². The van der Waals surface area contributed by atoms with E-state index in [9.17, 15) is 9.50 Å². The molecule has 1 saturated carbocycles. The van der Waals surface area contributed by atoms with E-state index in [2.05, 4.69) is 5.32 Å². The Labute approximate surface area is 108 Å². The molecule has 1 aliphatic carbocycles. The minimum atomic E-state index is -0.196. The van der Waals surface area contributed by atoms with Gasteiger partial charge in [-0.25, -0.2) is 4.39 Å². The molecule has 0 bridgehead atoms. The molecular formula is C15H22FNO. The minimum Gasteiger partial charge on any atom is -0.396 e. The second-order valence-electron chi connectivity index (χ2n) is 5.45. The Morgan fingerprint density at radius 1 is 1.11 bits per heavy atom. The molecule has 2 N–H and O–H groups in total. The standard InChI is InChI=1S/C15H22FNO/c16-14-6-4-13(5-7-14)10-17-11-15(12-18)8-2-1-3-9-15/h4-7,17-18H,1-3,8-12H2. The molecule has 0 radical (unpaired) electrons. The fourth-order valence-electron chi connectivity index (χ4n) is 2.77. The summed E-state index contributed by atoms with van der Waals surface area (Å²) in [5.41, 5.74) is 1.15. The van der Waals surface area contributed by atoms with E-state index in [1.54, 1.807) is 12.1 Å². The summed E-state index contributed by atoms with van der Waals surface area (Å²) in [6, 6.07) is 6.57. The van der Waals surface area contributed by atoms with Crippen molar-refractivity contribution in [1.82, 2.24) is 5.32 Å². The number of hydrogen-bond acceptors (Lipinski definition) is 2. The lowest BCUT2D eigenvalue weighted by molar-refractivity contribution is 0.0810. The fourth-order valence-corrected chi connectivity index (χ4v) is 2.77. The van der Waals surface area contributed by atoms with E-state index in [-0.39, 0.29) is 17.8 Å². The molecule has 2 rings (SSSR count). The first kappa shape index (κ1) is 13.5. The van der Waals surface area contributed by atoms with Crippen LogP contribution in [0.3, 0.4) is 0 Å². The van der Waals surface area contributed by atoms with Crippen LogP contribution in [0.1, 0.15) is 37.7 Å². The van der Waals surface area contributed by atoms with Gasteiger partial charge in [-0.1, -0.05) is 31.4 Å². The summed E-state index contributed by atoms with van der Waals surface area (Å²) < 4.78 is 12.8. The SMILES string of the molecule is OCC1(CNCc2ccc(F)cc2)CCCCC1. The van der Waals surface area contributed by atoms with Crippen molar-refractivity contribution in [3.05, 3.63) is 35.6 Å². The van der Waals surface area contributed by atoms with Gasteiger partial charge < -0.3 is 10.4 Å². The van der Waals surface area contributed by atoms with Crippen LogP contribution in [-0.4, -0.2) is 18.3 Å². The van der Waals surface area contributed by atoms with Crippen molar-refractivity contribution in [2.75, 3.05) is 13.2 Å². The van der Waals surface area contributed by atoms with Crippen molar-refractivity contribution in [1.29, 1.82) is 0 Å². The van der Waals surface area contributed by atoms with Gasteiger partial charge >= 0.3 is 0 Å². The Balaban J connectivity index is 1.81. The van der Waals surface area contributed by atoms with Crippen LogP contribution in [0.4, 0.5) is 4.39 Å². The number of rotatable bonds is 5. The van der Waals surface area contributed by atoms with E-state index in [4.69, 9.17) is 0 Å². The summed E-state index contributed by atoms with van der Waals surface area (Å²) in [6.45, 7) is 1.85. The second-order valence-corrected chi connectivity index (χ2v) is 5.45. The highest BCUT2D eigenvalue weighted by Gasteiger charge is 2.30. The zero-order valence-electron chi connectivity index (χ0n) is 10.8. The number of benzene rings is 1. The molecule has 0 aromatic heterocycles. The van der Waals surface area contributed by atoms with Crippen LogP contribution in [0, 0.1) is 11.2 Å². The molecule has 0 unspecified atom stereocenters. The first-order chi connectivity index (χ1) is 8.74. The molecule has 18 heavy (non-hydrogen) atoms. The van der Waals surface area contributed by atoms with Crippen molar-refractivity contribution in [2.24, 2.45) is 5.41 Å². The maximum Gasteiger partial charge on any atom is 0.123 e. The van der Waals surface area contributed by atoms with Gasteiger partial charge in [0.1, 0.15) is 5.82 Å². The third kappa shape index (κ3) is 3.53. The van der Waals surface area contributed by atoms with Crippen molar-refractivity contribution >= 4 is 0 Å². The van der Waals surface area contributed by atoms with E-state index in [1.165, 1.54) is 31.4 Å². The molecule has 0 amide bonds. The number of hydrogen-bond donors (Lipinski definition) is 2. The Bertz CT molecular complexity index is 357. The molecular weight excluding hydrogens is 229 g/mol. The predicted octanol–water partition coefficient (Wildman–Crippen LogP) is 2.86. The summed E-state index contributed by atoms with van der Waals surface area (Å²) in [4.78, 5) is 0. The van der Waals surface area contributed by atoms with Gasteiger partial charge in [0, 0.05) is 25.1 Å². The molecule has 1 aromatic carbocycles. The monoisotopic (exact) mass is 251 g/mol. The third-order valence-corrected chi connectivity index (χ3v) is 3.99. The second kappa shape index (κ2) is 6.30. The van der Waals surface area contributed by atoms with Gasteiger partial charge in [-0.2, -0.15) is 0 Å². The number of aliphatic hydroxyl groups is 1. The lowest BCUT2D eigenvalue weighted by atomic mass is 9.74. The molecule has 0 spiro atoms. The largest absolute Gasteiger partial charge is 0.396 e. The van der Waals surface area contributed by atoms with Crippen molar-refractivity contribution in [2.45, 2.75) is 38.6 Å². The van der Waals surface area contributed by atoms with Gasteiger partial charge in [0.25, 0.3) is 0 Å². The average molecular weight is 251 g/mol. The number of halogens is 1.